The van der Waals surface area contributed by atoms with Crippen molar-refractivity contribution in [2.24, 2.45) is 5.92 Å². The normalized spacial score (nSPS) is 24.0. The molecule has 1 saturated heterocycles. The number of amides is 1. The molecule has 3 rings (SSSR count). The summed E-state index contributed by atoms with van der Waals surface area (Å²) in [5, 5.41) is 17.1. The maximum absolute atomic E-state index is 12.2. The first-order chi connectivity index (χ1) is 11.4. The van der Waals surface area contributed by atoms with E-state index in [0.29, 0.717) is 23.9 Å². The smallest absolute Gasteiger partial charge is 0.263 e. The fourth-order valence-electron chi connectivity index (χ4n) is 2.70. The van der Waals surface area contributed by atoms with Crippen molar-refractivity contribution in [1.82, 2.24) is 19.7 Å². The third-order valence-corrected chi connectivity index (χ3v) is 4.11. The number of H-pyrrole nitrogens is 1. The predicted octanol–water partition coefficient (Wildman–Crippen LogP) is 0.772. The Bertz CT molecular complexity index is 812. The number of carbonyl (C=O) groups is 1. The van der Waals surface area contributed by atoms with Gasteiger partial charge < -0.3 is 9.84 Å². The molecule has 9 heteroatoms. The summed E-state index contributed by atoms with van der Waals surface area (Å²) >= 11 is 0. The summed E-state index contributed by atoms with van der Waals surface area (Å²) in [5.41, 5.74) is -0.0809. The average molecular weight is 335 g/mol. The number of nitrogens with zero attached hydrogens (tertiary/aromatic N) is 3. The molecule has 3 heterocycles. The SMILES string of the molecule is CC[C@H]1O[C@@H](n2ncc3c(=O)[nH]c(NC(=O)C(C)C)nc32)C[C@@H]1O. The predicted molar refractivity (Wildman–Crippen MR) is 86.4 cm³/mol. The number of aromatic nitrogens is 4. The lowest BCUT2D eigenvalue weighted by atomic mass is 10.1. The topological polar surface area (TPSA) is 122 Å². The third-order valence-electron chi connectivity index (χ3n) is 4.11. The zero-order valence-corrected chi connectivity index (χ0v) is 13.8. The van der Waals surface area contributed by atoms with E-state index in [1.807, 2.05) is 6.92 Å². The highest BCUT2D eigenvalue weighted by molar-refractivity contribution is 5.91. The summed E-state index contributed by atoms with van der Waals surface area (Å²) in [6.45, 7) is 5.42. The highest BCUT2D eigenvalue weighted by Crippen LogP contribution is 2.31. The van der Waals surface area contributed by atoms with E-state index < -0.39 is 17.9 Å². The van der Waals surface area contributed by atoms with E-state index in [0.717, 1.165) is 0 Å². The number of nitrogens with one attached hydrogen (secondary N) is 2. The lowest BCUT2D eigenvalue weighted by Gasteiger charge is -2.13. The summed E-state index contributed by atoms with van der Waals surface area (Å²) in [4.78, 5) is 30.8. The van der Waals surface area contributed by atoms with Gasteiger partial charge in [-0.3, -0.25) is 19.9 Å². The van der Waals surface area contributed by atoms with Gasteiger partial charge in [0.25, 0.3) is 5.56 Å². The lowest BCUT2D eigenvalue weighted by molar-refractivity contribution is -0.118. The average Bonchev–Trinajstić information content (AvgIpc) is 3.10. The summed E-state index contributed by atoms with van der Waals surface area (Å²) in [5.74, 6) is -0.421. The molecular weight excluding hydrogens is 314 g/mol. The van der Waals surface area contributed by atoms with Crippen molar-refractivity contribution in [3.63, 3.8) is 0 Å². The van der Waals surface area contributed by atoms with Crippen LogP contribution in [0.4, 0.5) is 5.95 Å². The Balaban J connectivity index is 1.97. The Hall–Kier alpha value is -2.26. The summed E-state index contributed by atoms with van der Waals surface area (Å²) in [7, 11) is 0. The number of carbonyl (C=O) groups excluding carboxylic acids is 1. The number of hydrogen-bond acceptors (Lipinski definition) is 6. The number of fused-ring (bicyclic) bond motifs is 1. The summed E-state index contributed by atoms with van der Waals surface area (Å²) < 4.78 is 7.27. The minimum atomic E-state index is -0.582. The minimum Gasteiger partial charge on any atom is -0.390 e. The molecule has 3 atom stereocenters. The first-order valence-corrected chi connectivity index (χ1v) is 8.02. The Morgan fingerprint density at radius 1 is 1.58 bits per heavy atom. The molecule has 0 bridgehead atoms. The molecule has 1 amide bonds. The number of hydrogen-bond donors (Lipinski definition) is 3. The number of rotatable bonds is 4. The Morgan fingerprint density at radius 2 is 2.33 bits per heavy atom. The maximum Gasteiger partial charge on any atom is 0.263 e. The Kier molecular flexibility index (Phi) is 4.37. The second kappa shape index (κ2) is 6.33. The molecule has 0 radical (unpaired) electrons. The van der Waals surface area contributed by atoms with Crippen molar-refractivity contribution in [1.29, 1.82) is 0 Å². The number of aliphatic hydroxyl groups is 1. The molecule has 2 aromatic heterocycles. The van der Waals surface area contributed by atoms with Crippen molar-refractivity contribution < 1.29 is 14.6 Å². The Labute approximate surface area is 138 Å². The molecule has 9 nitrogen and oxygen atoms in total. The molecule has 24 heavy (non-hydrogen) atoms. The maximum atomic E-state index is 12.2. The number of aliphatic hydroxyl groups excluding tert-OH is 1. The van der Waals surface area contributed by atoms with Crippen molar-refractivity contribution in [3.05, 3.63) is 16.6 Å². The van der Waals surface area contributed by atoms with Gasteiger partial charge in [0.2, 0.25) is 11.9 Å². The number of ether oxygens (including phenoxy) is 1. The Morgan fingerprint density at radius 3 is 2.96 bits per heavy atom. The second-order valence-corrected chi connectivity index (χ2v) is 6.23. The van der Waals surface area contributed by atoms with Gasteiger partial charge in [-0.05, 0) is 6.42 Å². The minimum absolute atomic E-state index is 0.0681. The van der Waals surface area contributed by atoms with Gasteiger partial charge in [0, 0.05) is 12.3 Å². The van der Waals surface area contributed by atoms with Gasteiger partial charge in [-0.15, -0.1) is 0 Å². The van der Waals surface area contributed by atoms with E-state index in [1.54, 1.807) is 13.8 Å². The van der Waals surface area contributed by atoms with E-state index in [-0.39, 0.29) is 23.9 Å². The quantitative estimate of drug-likeness (QED) is 0.758. The highest BCUT2D eigenvalue weighted by atomic mass is 16.5. The van der Waals surface area contributed by atoms with Crippen molar-refractivity contribution in [2.45, 2.75) is 52.0 Å². The molecule has 130 valence electrons. The number of aromatic amines is 1. The van der Waals surface area contributed by atoms with Crippen LogP contribution in [0.15, 0.2) is 11.0 Å². The molecule has 0 spiro atoms. The molecule has 2 aromatic rings. The molecule has 0 saturated carbocycles. The molecule has 0 unspecified atom stereocenters. The van der Waals surface area contributed by atoms with Gasteiger partial charge in [-0.2, -0.15) is 10.1 Å². The van der Waals surface area contributed by atoms with Crippen LogP contribution in [0, 0.1) is 5.92 Å². The number of anilines is 1. The fraction of sp³-hybridized carbons (Fsp3) is 0.600. The molecular formula is C15H21N5O4. The molecule has 0 aromatic carbocycles. The fourth-order valence-corrected chi connectivity index (χ4v) is 2.70. The molecule has 1 fully saturated rings. The van der Waals surface area contributed by atoms with Crippen LogP contribution in [0.2, 0.25) is 0 Å². The third kappa shape index (κ3) is 2.92. The van der Waals surface area contributed by atoms with Gasteiger partial charge in [0.15, 0.2) is 11.9 Å². The molecule has 1 aliphatic rings. The van der Waals surface area contributed by atoms with Crippen molar-refractivity contribution in [2.75, 3.05) is 5.32 Å². The van der Waals surface area contributed by atoms with Crippen LogP contribution in [0.5, 0.6) is 0 Å². The zero-order chi connectivity index (χ0) is 17.4. The first-order valence-electron chi connectivity index (χ1n) is 8.02. The van der Waals surface area contributed by atoms with Gasteiger partial charge in [-0.25, -0.2) is 4.68 Å². The van der Waals surface area contributed by atoms with Crippen LogP contribution in [0.3, 0.4) is 0 Å². The molecule has 1 aliphatic heterocycles. The van der Waals surface area contributed by atoms with Crippen LogP contribution in [-0.2, 0) is 9.53 Å². The van der Waals surface area contributed by atoms with E-state index in [4.69, 9.17) is 4.74 Å². The monoisotopic (exact) mass is 335 g/mol. The van der Waals surface area contributed by atoms with Crippen molar-refractivity contribution >= 4 is 22.9 Å². The van der Waals surface area contributed by atoms with E-state index >= 15 is 0 Å². The van der Waals surface area contributed by atoms with Crippen LogP contribution in [-0.4, -0.2) is 43.0 Å². The van der Waals surface area contributed by atoms with E-state index in [1.165, 1.54) is 10.9 Å². The standard InChI is InChI=1S/C15H21N5O4/c1-4-10-9(21)5-11(24-10)20-12-8(6-16-20)14(23)19-15(17-12)18-13(22)7(2)3/h6-7,9-11,21H,4-5H2,1-3H3,(H2,17,18,19,22,23)/t9-,10+,11+/m0/s1. The zero-order valence-electron chi connectivity index (χ0n) is 13.8. The largest absolute Gasteiger partial charge is 0.390 e. The lowest BCUT2D eigenvalue weighted by Crippen LogP contribution is -2.22. The van der Waals surface area contributed by atoms with Gasteiger partial charge in [0.1, 0.15) is 5.39 Å². The highest BCUT2D eigenvalue weighted by Gasteiger charge is 2.35. The van der Waals surface area contributed by atoms with E-state index in [9.17, 15) is 14.7 Å². The van der Waals surface area contributed by atoms with Gasteiger partial charge in [0.05, 0.1) is 18.4 Å². The van der Waals surface area contributed by atoms with Crippen molar-refractivity contribution in [3.8, 4) is 0 Å². The molecule has 0 aliphatic carbocycles. The van der Waals surface area contributed by atoms with Crippen LogP contribution >= 0.6 is 0 Å². The van der Waals surface area contributed by atoms with Crippen LogP contribution < -0.4 is 10.9 Å². The van der Waals surface area contributed by atoms with Crippen LogP contribution in [0.1, 0.15) is 39.8 Å². The van der Waals surface area contributed by atoms with Gasteiger partial charge >= 0.3 is 0 Å². The first kappa shape index (κ1) is 16.6. The van der Waals surface area contributed by atoms with Gasteiger partial charge in [-0.1, -0.05) is 20.8 Å². The van der Waals surface area contributed by atoms with E-state index in [2.05, 4.69) is 20.4 Å². The van der Waals surface area contributed by atoms with Crippen LogP contribution in [0.25, 0.3) is 11.0 Å². The summed E-state index contributed by atoms with van der Waals surface area (Å²) in [6.07, 6.45) is 1.12. The molecule has 3 N–H and O–H groups in total. The second-order valence-electron chi connectivity index (χ2n) is 6.23. The summed E-state index contributed by atoms with van der Waals surface area (Å²) in [6, 6.07) is 0.